The second-order valence-electron chi connectivity index (χ2n) is 13.5. The van der Waals surface area contributed by atoms with E-state index in [1.165, 1.54) is 70.6 Å². The molecular formula is C42H80O15. The van der Waals surface area contributed by atoms with E-state index in [2.05, 4.69) is 6.92 Å². The summed E-state index contributed by atoms with van der Waals surface area (Å²) in [5, 5.41) is 8.56. The van der Waals surface area contributed by atoms with Crippen molar-refractivity contribution in [3.8, 4) is 0 Å². The lowest BCUT2D eigenvalue weighted by atomic mass is 10.0. The predicted octanol–water partition coefficient (Wildman–Crippen LogP) is 6.35. The molecule has 0 radical (unpaired) electrons. The van der Waals surface area contributed by atoms with Gasteiger partial charge >= 0.3 is 17.9 Å². The zero-order valence-corrected chi connectivity index (χ0v) is 35.5. The molecule has 0 saturated heterocycles. The van der Waals surface area contributed by atoms with Gasteiger partial charge in [0.25, 0.3) is 0 Å². The minimum absolute atomic E-state index is 0.0581. The van der Waals surface area contributed by atoms with Gasteiger partial charge in [0, 0.05) is 19.3 Å². The zero-order valence-electron chi connectivity index (χ0n) is 35.5. The summed E-state index contributed by atoms with van der Waals surface area (Å²) in [6, 6.07) is 0. The standard InChI is InChI=1S/C42H80O15/c1-2-3-4-5-6-7-8-9-10-11-12-13-14-18-41(45)56-38-36-54-34-32-52-30-28-50-26-24-48-22-20-47-21-23-49-25-27-51-29-31-53-33-35-55-37-39-57-42(46)19-16-15-17-40(43)44/h2-39H2,1H3,(H,43,44). The van der Waals surface area contributed by atoms with E-state index >= 15 is 0 Å². The molecule has 0 bridgehead atoms. The number of carbonyl (C=O) groups is 3. The fourth-order valence-electron chi connectivity index (χ4n) is 5.27. The third-order valence-electron chi connectivity index (χ3n) is 8.46. The molecule has 0 aromatic heterocycles. The van der Waals surface area contributed by atoms with Crippen molar-refractivity contribution in [3.63, 3.8) is 0 Å². The lowest BCUT2D eigenvalue weighted by Gasteiger charge is -2.09. The molecular weight excluding hydrogens is 744 g/mol. The number of rotatable bonds is 49. The molecule has 1 N–H and O–H groups in total. The van der Waals surface area contributed by atoms with E-state index in [0.717, 1.165) is 12.8 Å². The number of hydrogen-bond acceptors (Lipinski definition) is 14. The van der Waals surface area contributed by atoms with Gasteiger partial charge in [-0.05, 0) is 19.3 Å². The molecule has 0 unspecified atom stereocenters. The zero-order chi connectivity index (χ0) is 41.4. The summed E-state index contributed by atoms with van der Waals surface area (Å²) in [6.45, 7) is 10.7. The number of aliphatic carboxylic acids is 1. The van der Waals surface area contributed by atoms with E-state index in [4.69, 9.17) is 57.2 Å². The Bertz CT molecular complexity index is 848. The van der Waals surface area contributed by atoms with Crippen molar-refractivity contribution in [1.82, 2.24) is 0 Å². The summed E-state index contributed by atoms with van der Waals surface area (Å²) in [5.41, 5.74) is 0. The fraction of sp³-hybridized carbons (Fsp3) is 0.929. The highest BCUT2D eigenvalue weighted by molar-refractivity contribution is 5.70. The maximum Gasteiger partial charge on any atom is 0.305 e. The molecule has 0 aromatic carbocycles. The van der Waals surface area contributed by atoms with Gasteiger partial charge in [0.05, 0.1) is 119 Å². The van der Waals surface area contributed by atoms with Gasteiger partial charge in [-0.2, -0.15) is 0 Å². The first-order valence-corrected chi connectivity index (χ1v) is 21.8. The Morgan fingerprint density at radius 2 is 0.509 bits per heavy atom. The maximum atomic E-state index is 11.9. The second-order valence-corrected chi connectivity index (χ2v) is 13.5. The first-order chi connectivity index (χ1) is 28.1. The first kappa shape index (κ1) is 55.0. The number of hydrogen-bond donors (Lipinski definition) is 1. The summed E-state index contributed by atoms with van der Waals surface area (Å²) in [4.78, 5) is 33.8. The quantitative estimate of drug-likeness (QED) is 0.0531. The summed E-state index contributed by atoms with van der Waals surface area (Å²) in [6.07, 6.45) is 18.5. The largest absolute Gasteiger partial charge is 0.481 e. The van der Waals surface area contributed by atoms with Crippen LogP contribution in [0.5, 0.6) is 0 Å². The van der Waals surface area contributed by atoms with E-state index in [-0.39, 0.29) is 44.6 Å². The maximum absolute atomic E-state index is 11.9. The van der Waals surface area contributed by atoms with Gasteiger partial charge in [0.2, 0.25) is 0 Å². The summed E-state index contributed by atoms with van der Waals surface area (Å²) in [5.74, 6) is -1.35. The van der Waals surface area contributed by atoms with Gasteiger partial charge in [-0.15, -0.1) is 0 Å². The van der Waals surface area contributed by atoms with Gasteiger partial charge in [-0.1, -0.05) is 84.0 Å². The highest BCUT2D eigenvalue weighted by Crippen LogP contribution is 2.13. The average Bonchev–Trinajstić information content (AvgIpc) is 3.20. The molecule has 0 fully saturated rings. The Balaban J connectivity index is 3.16. The lowest BCUT2D eigenvalue weighted by molar-refractivity contribution is -0.146. The molecule has 0 aliphatic heterocycles. The number of carboxylic acids is 1. The minimum Gasteiger partial charge on any atom is -0.481 e. The highest BCUT2D eigenvalue weighted by Gasteiger charge is 2.05. The van der Waals surface area contributed by atoms with Crippen molar-refractivity contribution < 1.29 is 71.6 Å². The third-order valence-corrected chi connectivity index (χ3v) is 8.46. The molecule has 0 aliphatic rings. The van der Waals surface area contributed by atoms with E-state index in [9.17, 15) is 14.4 Å². The Kier molecular flexibility index (Phi) is 46.8. The molecule has 15 heteroatoms. The fourth-order valence-corrected chi connectivity index (χ4v) is 5.27. The van der Waals surface area contributed by atoms with Crippen LogP contribution in [-0.4, -0.2) is 155 Å². The normalized spacial score (nSPS) is 11.3. The van der Waals surface area contributed by atoms with Gasteiger partial charge in [-0.25, -0.2) is 0 Å². The summed E-state index contributed by atoms with van der Waals surface area (Å²) in [7, 11) is 0. The van der Waals surface area contributed by atoms with E-state index < -0.39 is 5.97 Å². The monoisotopic (exact) mass is 825 g/mol. The Labute approximate surface area is 343 Å². The number of ether oxygens (including phenoxy) is 11. The van der Waals surface area contributed by atoms with Gasteiger partial charge in [0.15, 0.2) is 0 Å². The summed E-state index contributed by atoms with van der Waals surface area (Å²) >= 11 is 0. The van der Waals surface area contributed by atoms with Crippen LogP contribution in [0.1, 0.15) is 122 Å². The molecule has 57 heavy (non-hydrogen) atoms. The van der Waals surface area contributed by atoms with Crippen LogP contribution in [0.3, 0.4) is 0 Å². The average molecular weight is 825 g/mol. The number of carbonyl (C=O) groups excluding carboxylic acids is 2. The Morgan fingerprint density at radius 1 is 0.298 bits per heavy atom. The molecule has 0 aliphatic carbocycles. The van der Waals surface area contributed by atoms with Crippen molar-refractivity contribution in [2.75, 3.05) is 132 Å². The molecule has 0 spiro atoms. The predicted molar refractivity (Wildman–Crippen MR) is 216 cm³/mol. The van der Waals surface area contributed by atoms with Crippen molar-refractivity contribution >= 4 is 17.9 Å². The molecule has 0 saturated carbocycles. The SMILES string of the molecule is CCCCCCCCCCCCCCCC(=O)OCCOCCOCCOCCOCCOCCOCCOCCOCCOCCOC(=O)CCCCC(=O)O. The van der Waals surface area contributed by atoms with Crippen LogP contribution in [0.15, 0.2) is 0 Å². The van der Waals surface area contributed by atoms with Crippen LogP contribution in [0, 0.1) is 0 Å². The Morgan fingerprint density at radius 3 is 0.772 bits per heavy atom. The van der Waals surface area contributed by atoms with E-state index in [1.807, 2.05) is 0 Å². The second kappa shape index (κ2) is 48.4. The van der Waals surface area contributed by atoms with Gasteiger partial charge in [0.1, 0.15) is 13.2 Å². The number of carboxylic acid groups (broad SMARTS) is 1. The smallest absolute Gasteiger partial charge is 0.305 e. The van der Waals surface area contributed by atoms with Gasteiger partial charge in [-0.3, -0.25) is 14.4 Å². The number of unbranched alkanes of at least 4 members (excludes halogenated alkanes) is 13. The third kappa shape index (κ3) is 50.1. The van der Waals surface area contributed by atoms with Crippen molar-refractivity contribution in [2.24, 2.45) is 0 Å². The van der Waals surface area contributed by atoms with E-state index in [1.54, 1.807) is 0 Å². The first-order valence-electron chi connectivity index (χ1n) is 21.8. The minimum atomic E-state index is -0.864. The number of esters is 2. The topological polar surface area (TPSA) is 173 Å². The molecule has 0 amide bonds. The van der Waals surface area contributed by atoms with Gasteiger partial charge < -0.3 is 57.2 Å². The van der Waals surface area contributed by atoms with Crippen LogP contribution in [-0.2, 0) is 66.5 Å². The van der Waals surface area contributed by atoms with Crippen LogP contribution in [0.4, 0.5) is 0 Å². The molecule has 0 atom stereocenters. The van der Waals surface area contributed by atoms with Crippen molar-refractivity contribution in [3.05, 3.63) is 0 Å². The van der Waals surface area contributed by atoms with Crippen molar-refractivity contribution in [1.29, 1.82) is 0 Å². The molecule has 0 heterocycles. The molecule has 15 nitrogen and oxygen atoms in total. The molecule has 338 valence electrons. The van der Waals surface area contributed by atoms with Crippen molar-refractivity contribution in [2.45, 2.75) is 122 Å². The highest BCUT2D eigenvalue weighted by atomic mass is 16.6. The summed E-state index contributed by atoms with van der Waals surface area (Å²) < 4.78 is 59.4. The van der Waals surface area contributed by atoms with Crippen LogP contribution in [0.25, 0.3) is 0 Å². The Hall–Kier alpha value is -1.95. The van der Waals surface area contributed by atoms with Crippen LogP contribution in [0.2, 0.25) is 0 Å². The molecule has 0 aromatic rings. The molecule has 0 rings (SSSR count). The van der Waals surface area contributed by atoms with Crippen LogP contribution >= 0.6 is 0 Å². The van der Waals surface area contributed by atoms with E-state index in [0.29, 0.717) is 132 Å². The van der Waals surface area contributed by atoms with Crippen LogP contribution < -0.4 is 0 Å². The lowest BCUT2D eigenvalue weighted by Crippen LogP contribution is -2.16.